The molecule has 0 aliphatic heterocycles. The first-order chi connectivity index (χ1) is 9.01. The van der Waals surface area contributed by atoms with Crippen LogP contribution in [0.1, 0.15) is 32.8 Å². The van der Waals surface area contributed by atoms with Crippen LogP contribution in [0.3, 0.4) is 0 Å². The average Bonchev–Trinajstić information content (AvgIpc) is 2.43. The molecule has 0 saturated heterocycles. The SMILES string of the molecule is CCC(C)N(CCOC)CC(C)(O)c1ccccc1. The van der Waals surface area contributed by atoms with Crippen molar-refractivity contribution in [3.05, 3.63) is 35.9 Å². The molecule has 2 atom stereocenters. The van der Waals surface area contributed by atoms with E-state index in [-0.39, 0.29) is 0 Å². The molecule has 3 heteroatoms. The second-order valence-corrected chi connectivity index (χ2v) is 5.36. The van der Waals surface area contributed by atoms with Crippen LogP contribution in [0.4, 0.5) is 0 Å². The van der Waals surface area contributed by atoms with Gasteiger partial charge >= 0.3 is 0 Å². The highest BCUT2D eigenvalue weighted by atomic mass is 16.5. The molecule has 0 radical (unpaired) electrons. The summed E-state index contributed by atoms with van der Waals surface area (Å²) in [6, 6.07) is 10.3. The predicted octanol–water partition coefficient (Wildman–Crippen LogP) is 2.64. The Morgan fingerprint density at radius 1 is 1.32 bits per heavy atom. The van der Waals surface area contributed by atoms with Gasteiger partial charge in [0.05, 0.1) is 12.2 Å². The summed E-state index contributed by atoms with van der Waals surface area (Å²) < 4.78 is 5.16. The minimum atomic E-state index is -0.835. The first-order valence-electron chi connectivity index (χ1n) is 7.02. The molecule has 1 N–H and O–H groups in total. The van der Waals surface area contributed by atoms with Crippen LogP contribution in [0.15, 0.2) is 30.3 Å². The molecule has 1 rings (SSSR count). The Morgan fingerprint density at radius 3 is 2.47 bits per heavy atom. The zero-order chi connectivity index (χ0) is 14.3. The van der Waals surface area contributed by atoms with Crippen LogP contribution >= 0.6 is 0 Å². The maximum atomic E-state index is 10.7. The third kappa shape index (κ3) is 4.94. The Labute approximate surface area is 117 Å². The predicted molar refractivity (Wildman–Crippen MR) is 79.2 cm³/mol. The number of ether oxygens (including phenoxy) is 1. The summed E-state index contributed by atoms with van der Waals surface area (Å²) in [5, 5.41) is 10.7. The number of hydrogen-bond donors (Lipinski definition) is 1. The van der Waals surface area contributed by atoms with E-state index < -0.39 is 5.60 Å². The van der Waals surface area contributed by atoms with E-state index in [1.165, 1.54) is 0 Å². The summed E-state index contributed by atoms with van der Waals surface area (Å²) in [6.45, 7) is 8.39. The lowest BCUT2D eigenvalue weighted by atomic mass is 9.94. The van der Waals surface area contributed by atoms with Gasteiger partial charge in [-0.3, -0.25) is 4.90 Å². The van der Waals surface area contributed by atoms with Crippen molar-refractivity contribution in [2.45, 2.75) is 38.8 Å². The van der Waals surface area contributed by atoms with E-state index in [2.05, 4.69) is 18.7 Å². The van der Waals surface area contributed by atoms with Crippen LogP contribution in [0.5, 0.6) is 0 Å². The lowest BCUT2D eigenvalue weighted by Crippen LogP contribution is -2.44. The van der Waals surface area contributed by atoms with E-state index in [0.717, 1.165) is 18.5 Å². The van der Waals surface area contributed by atoms with Crippen molar-refractivity contribution in [2.24, 2.45) is 0 Å². The van der Waals surface area contributed by atoms with Gasteiger partial charge in [-0.1, -0.05) is 37.3 Å². The van der Waals surface area contributed by atoms with Crippen molar-refractivity contribution in [2.75, 3.05) is 26.8 Å². The van der Waals surface area contributed by atoms with E-state index in [0.29, 0.717) is 19.2 Å². The van der Waals surface area contributed by atoms with E-state index >= 15 is 0 Å². The van der Waals surface area contributed by atoms with Crippen LogP contribution in [0.2, 0.25) is 0 Å². The first kappa shape index (κ1) is 16.2. The number of hydrogen-bond acceptors (Lipinski definition) is 3. The van der Waals surface area contributed by atoms with Crippen molar-refractivity contribution in [1.82, 2.24) is 4.90 Å². The van der Waals surface area contributed by atoms with Crippen LogP contribution < -0.4 is 0 Å². The number of aliphatic hydroxyl groups is 1. The lowest BCUT2D eigenvalue weighted by molar-refractivity contribution is -0.00396. The van der Waals surface area contributed by atoms with Crippen LogP contribution in [0, 0.1) is 0 Å². The van der Waals surface area contributed by atoms with Crippen molar-refractivity contribution in [3.63, 3.8) is 0 Å². The Morgan fingerprint density at radius 2 is 1.95 bits per heavy atom. The molecule has 0 fully saturated rings. The van der Waals surface area contributed by atoms with Crippen molar-refractivity contribution in [1.29, 1.82) is 0 Å². The minimum absolute atomic E-state index is 0.435. The summed E-state index contributed by atoms with van der Waals surface area (Å²) in [6.07, 6.45) is 1.06. The molecule has 0 bridgehead atoms. The molecule has 0 amide bonds. The van der Waals surface area contributed by atoms with Crippen LogP contribution in [-0.4, -0.2) is 42.9 Å². The third-order valence-electron chi connectivity index (χ3n) is 3.70. The topological polar surface area (TPSA) is 32.7 Å². The smallest absolute Gasteiger partial charge is 0.0994 e. The van der Waals surface area contributed by atoms with E-state index in [1.54, 1.807) is 7.11 Å². The van der Waals surface area contributed by atoms with E-state index in [1.807, 2.05) is 37.3 Å². The average molecular weight is 265 g/mol. The monoisotopic (exact) mass is 265 g/mol. The molecule has 108 valence electrons. The minimum Gasteiger partial charge on any atom is -0.384 e. The highest BCUT2D eigenvalue weighted by molar-refractivity contribution is 5.21. The summed E-state index contributed by atoms with van der Waals surface area (Å²) in [5.74, 6) is 0. The Kier molecular flexibility index (Phi) is 6.49. The second-order valence-electron chi connectivity index (χ2n) is 5.36. The van der Waals surface area contributed by atoms with Gasteiger partial charge in [0.1, 0.15) is 0 Å². The van der Waals surface area contributed by atoms with Gasteiger partial charge in [-0.05, 0) is 25.8 Å². The fraction of sp³-hybridized carbons (Fsp3) is 0.625. The highest BCUT2D eigenvalue weighted by Crippen LogP contribution is 2.22. The Hall–Kier alpha value is -0.900. The normalized spacial score (nSPS) is 16.3. The molecule has 0 aliphatic carbocycles. The molecule has 0 spiro atoms. The molecule has 0 aliphatic rings. The fourth-order valence-corrected chi connectivity index (χ4v) is 2.21. The van der Waals surface area contributed by atoms with Gasteiger partial charge < -0.3 is 9.84 Å². The van der Waals surface area contributed by atoms with Gasteiger partial charge in [-0.15, -0.1) is 0 Å². The van der Waals surface area contributed by atoms with Gasteiger partial charge in [0, 0.05) is 26.2 Å². The number of rotatable bonds is 8. The number of nitrogens with zero attached hydrogens (tertiary/aromatic N) is 1. The summed E-state index contributed by atoms with van der Waals surface area (Å²) in [7, 11) is 1.71. The summed E-state index contributed by atoms with van der Waals surface area (Å²) >= 11 is 0. The van der Waals surface area contributed by atoms with E-state index in [9.17, 15) is 5.11 Å². The highest BCUT2D eigenvalue weighted by Gasteiger charge is 2.27. The third-order valence-corrected chi connectivity index (χ3v) is 3.70. The van der Waals surface area contributed by atoms with Crippen molar-refractivity contribution < 1.29 is 9.84 Å². The molecule has 1 aromatic carbocycles. The Bertz CT molecular complexity index is 351. The molecule has 0 saturated carbocycles. The maximum absolute atomic E-state index is 10.7. The maximum Gasteiger partial charge on any atom is 0.0994 e. The number of methoxy groups -OCH3 is 1. The zero-order valence-corrected chi connectivity index (χ0v) is 12.6. The zero-order valence-electron chi connectivity index (χ0n) is 12.6. The summed E-state index contributed by atoms with van der Waals surface area (Å²) in [5.41, 5.74) is 0.124. The number of benzene rings is 1. The first-order valence-corrected chi connectivity index (χ1v) is 7.02. The quantitative estimate of drug-likeness (QED) is 0.784. The van der Waals surface area contributed by atoms with Crippen molar-refractivity contribution >= 4 is 0 Å². The van der Waals surface area contributed by atoms with Gasteiger partial charge in [0.2, 0.25) is 0 Å². The standard InChI is InChI=1S/C16H27NO2/c1-5-14(2)17(11-12-19-4)13-16(3,18)15-9-7-6-8-10-15/h6-10,14,18H,5,11-13H2,1-4H3. The van der Waals surface area contributed by atoms with Gasteiger partial charge in [-0.25, -0.2) is 0 Å². The molecular formula is C16H27NO2. The largest absolute Gasteiger partial charge is 0.384 e. The fourth-order valence-electron chi connectivity index (χ4n) is 2.21. The van der Waals surface area contributed by atoms with Crippen LogP contribution in [0.25, 0.3) is 0 Å². The van der Waals surface area contributed by atoms with Crippen molar-refractivity contribution in [3.8, 4) is 0 Å². The van der Waals surface area contributed by atoms with Gasteiger partial charge in [-0.2, -0.15) is 0 Å². The lowest BCUT2D eigenvalue weighted by Gasteiger charge is -2.35. The van der Waals surface area contributed by atoms with Gasteiger partial charge in [0.15, 0.2) is 0 Å². The molecule has 3 nitrogen and oxygen atoms in total. The molecular weight excluding hydrogens is 238 g/mol. The molecule has 1 aromatic rings. The summed E-state index contributed by atoms with van der Waals surface area (Å²) in [4.78, 5) is 2.29. The van der Waals surface area contributed by atoms with E-state index in [4.69, 9.17) is 4.74 Å². The molecule has 19 heavy (non-hydrogen) atoms. The molecule has 0 aromatic heterocycles. The van der Waals surface area contributed by atoms with Crippen LogP contribution in [-0.2, 0) is 10.3 Å². The molecule has 0 heterocycles. The Balaban J connectivity index is 2.76. The second kappa shape index (κ2) is 7.63. The molecule has 2 unspecified atom stereocenters. The van der Waals surface area contributed by atoms with Gasteiger partial charge in [0.25, 0.3) is 0 Å².